The second-order valence-corrected chi connectivity index (χ2v) is 6.41. The Kier molecular flexibility index (Phi) is 4.25. The maximum absolute atomic E-state index is 11.9. The zero-order chi connectivity index (χ0) is 13.8. The van der Waals surface area contributed by atoms with Gasteiger partial charge in [0.1, 0.15) is 5.60 Å². The van der Waals surface area contributed by atoms with Gasteiger partial charge in [0.2, 0.25) is 10.0 Å². The van der Waals surface area contributed by atoms with Gasteiger partial charge in [-0.15, -0.1) is 0 Å². The van der Waals surface area contributed by atoms with Crippen molar-refractivity contribution in [1.82, 2.24) is 4.72 Å². The molecule has 102 valence electrons. The van der Waals surface area contributed by atoms with Crippen molar-refractivity contribution in [3.05, 3.63) is 30.3 Å². The van der Waals surface area contributed by atoms with E-state index in [1.54, 1.807) is 30.3 Å². The minimum absolute atomic E-state index is 0.250. The summed E-state index contributed by atoms with van der Waals surface area (Å²) in [5, 5.41) is 9.73. The standard InChI is InChI=1S/C14H17NO3S/c16-14(10-6-11-14)9-4-5-12-15-19(17,18)13-7-2-1-3-8-13/h1-3,7-8,15-16H,5-6,10-12H2. The summed E-state index contributed by atoms with van der Waals surface area (Å²) in [6.45, 7) is 0.250. The zero-order valence-electron chi connectivity index (χ0n) is 10.6. The number of benzene rings is 1. The molecule has 2 N–H and O–H groups in total. The number of rotatable bonds is 4. The lowest BCUT2D eigenvalue weighted by molar-refractivity contribution is 0.0239. The third kappa shape index (κ3) is 3.80. The van der Waals surface area contributed by atoms with Crippen LogP contribution in [0.25, 0.3) is 0 Å². The number of hydrogen-bond acceptors (Lipinski definition) is 3. The zero-order valence-corrected chi connectivity index (χ0v) is 11.4. The molecule has 0 bridgehead atoms. The molecular formula is C14H17NO3S. The van der Waals surface area contributed by atoms with Crippen LogP contribution in [0.15, 0.2) is 35.2 Å². The molecule has 0 saturated heterocycles. The van der Waals surface area contributed by atoms with Gasteiger partial charge in [0.15, 0.2) is 0 Å². The molecule has 0 amide bonds. The number of aliphatic hydroxyl groups is 1. The Labute approximate surface area is 113 Å². The first-order chi connectivity index (χ1) is 9.02. The average Bonchev–Trinajstić information content (AvgIpc) is 2.37. The Morgan fingerprint density at radius 1 is 1.26 bits per heavy atom. The fourth-order valence-electron chi connectivity index (χ4n) is 1.79. The second-order valence-electron chi connectivity index (χ2n) is 4.65. The predicted molar refractivity (Wildman–Crippen MR) is 72.8 cm³/mol. The Bertz CT molecular complexity index is 580. The molecule has 0 atom stereocenters. The fourth-order valence-corrected chi connectivity index (χ4v) is 2.85. The molecular weight excluding hydrogens is 262 g/mol. The summed E-state index contributed by atoms with van der Waals surface area (Å²) >= 11 is 0. The summed E-state index contributed by atoms with van der Waals surface area (Å²) in [5.41, 5.74) is -0.821. The first-order valence-electron chi connectivity index (χ1n) is 6.29. The topological polar surface area (TPSA) is 66.4 Å². The van der Waals surface area contributed by atoms with Crippen LogP contribution in [-0.2, 0) is 10.0 Å². The van der Waals surface area contributed by atoms with Crippen molar-refractivity contribution >= 4 is 10.0 Å². The maximum Gasteiger partial charge on any atom is 0.240 e. The molecule has 0 unspecified atom stereocenters. The minimum atomic E-state index is -3.45. The van der Waals surface area contributed by atoms with Gasteiger partial charge in [-0.1, -0.05) is 30.0 Å². The summed E-state index contributed by atoms with van der Waals surface area (Å²) in [4.78, 5) is 0.251. The fraction of sp³-hybridized carbons (Fsp3) is 0.429. The van der Waals surface area contributed by atoms with E-state index in [1.807, 2.05) is 0 Å². The molecule has 0 heterocycles. The molecule has 0 aromatic heterocycles. The summed E-state index contributed by atoms with van der Waals surface area (Å²) in [6.07, 6.45) is 2.84. The maximum atomic E-state index is 11.9. The van der Waals surface area contributed by atoms with Gasteiger partial charge in [-0.25, -0.2) is 13.1 Å². The van der Waals surface area contributed by atoms with Crippen LogP contribution < -0.4 is 4.72 Å². The van der Waals surface area contributed by atoms with Crippen LogP contribution in [-0.4, -0.2) is 25.7 Å². The van der Waals surface area contributed by atoms with Crippen molar-refractivity contribution in [1.29, 1.82) is 0 Å². The molecule has 0 radical (unpaired) electrons. The van der Waals surface area contributed by atoms with Gasteiger partial charge in [0.05, 0.1) is 4.90 Å². The lowest BCUT2D eigenvalue weighted by Crippen LogP contribution is -2.34. The molecule has 1 aliphatic rings. The van der Waals surface area contributed by atoms with E-state index in [4.69, 9.17) is 0 Å². The van der Waals surface area contributed by atoms with Gasteiger partial charge in [0, 0.05) is 13.0 Å². The Morgan fingerprint density at radius 2 is 1.95 bits per heavy atom. The SMILES string of the molecule is O=S(=O)(NCCC#CC1(O)CCC1)c1ccccc1. The van der Waals surface area contributed by atoms with Crippen LogP contribution in [0.4, 0.5) is 0 Å². The van der Waals surface area contributed by atoms with Gasteiger partial charge in [-0.3, -0.25) is 0 Å². The highest BCUT2D eigenvalue weighted by atomic mass is 32.2. The first kappa shape index (κ1) is 14.1. The molecule has 0 spiro atoms. The number of nitrogens with one attached hydrogen (secondary N) is 1. The molecule has 1 aromatic rings. The molecule has 1 fully saturated rings. The quantitative estimate of drug-likeness (QED) is 0.644. The van der Waals surface area contributed by atoms with Crippen LogP contribution in [0, 0.1) is 11.8 Å². The van der Waals surface area contributed by atoms with E-state index >= 15 is 0 Å². The van der Waals surface area contributed by atoms with Crippen LogP contribution in [0.2, 0.25) is 0 Å². The van der Waals surface area contributed by atoms with Gasteiger partial charge >= 0.3 is 0 Å². The van der Waals surface area contributed by atoms with Crippen molar-refractivity contribution in [2.24, 2.45) is 0 Å². The number of hydrogen-bond donors (Lipinski definition) is 2. The average molecular weight is 279 g/mol. The van der Waals surface area contributed by atoms with Gasteiger partial charge < -0.3 is 5.11 Å². The van der Waals surface area contributed by atoms with Crippen molar-refractivity contribution in [3.63, 3.8) is 0 Å². The van der Waals surface area contributed by atoms with Crippen LogP contribution in [0.5, 0.6) is 0 Å². The van der Waals surface area contributed by atoms with E-state index < -0.39 is 15.6 Å². The van der Waals surface area contributed by atoms with Crippen LogP contribution >= 0.6 is 0 Å². The molecule has 4 nitrogen and oxygen atoms in total. The Balaban J connectivity index is 1.82. The third-order valence-electron chi connectivity index (χ3n) is 3.10. The monoisotopic (exact) mass is 279 g/mol. The molecule has 2 rings (SSSR count). The predicted octanol–water partition coefficient (Wildman–Crippen LogP) is 1.27. The molecule has 5 heteroatoms. The highest BCUT2D eigenvalue weighted by molar-refractivity contribution is 7.89. The molecule has 19 heavy (non-hydrogen) atoms. The van der Waals surface area contributed by atoms with E-state index in [1.165, 1.54) is 0 Å². The summed E-state index contributed by atoms with van der Waals surface area (Å²) < 4.78 is 26.2. The minimum Gasteiger partial charge on any atom is -0.378 e. The van der Waals surface area contributed by atoms with Gasteiger partial charge in [-0.2, -0.15) is 0 Å². The highest BCUT2D eigenvalue weighted by Gasteiger charge is 2.31. The largest absolute Gasteiger partial charge is 0.378 e. The van der Waals surface area contributed by atoms with Crippen molar-refractivity contribution in [2.75, 3.05) is 6.54 Å². The van der Waals surface area contributed by atoms with E-state index in [2.05, 4.69) is 16.6 Å². The summed E-state index contributed by atoms with van der Waals surface area (Å²) in [7, 11) is -3.45. The Hall–Kier alpha value is -1.35. The van der Waals surface area contributed by atoms with Crippen molar-refractivity contribution in [3.8, 4) is 11.8 Å². The van der Waals surface area contributed by atoms with Crippen LogP contribution in [0.3, 0.4) is 0 Å². The van der Waals surface area contributed by atoms with Gasteiger partial charge in [-0.05, 0) is 31.4 Å². The summed E-state index contributed by atoms with van der Waals surface area (Å²) in [6, 6.07) is 8.22. The highest BCUT2D eigenvalue weighted by Crippen LogP contribution is 2.30. The summed E-state index contributed by atoms with van der Waals surface area (Å²) in [5.74, 6) is 5.62. The molecule has 1 aliphatic carbocycles. The van der Waals surface area contributed by atoms with Crippen molar-refractivity contribution in [2.45, 2.75) is 36.2 Å². The second kappa shape index (κ2) is 5.74. The molecule has 1 saturated carbocycles. The first-order valence-corrected chi connectivity index (χ1v) is 7.77. The Morgan fingerprint density at radius 3 is 2.53 bits per heavy atom. The normalized spacial score (nSPS) is 17.1. The third-order valence-corrected chi connectivity index (χ3v) is 4.57. The van der Waals surface area contributed by atoms with Gasteiger partial charge in [0.25, 0.3) is 0 Å². The van der Waals surface area contributed by atoms with E-state index in [-0.39, 0.29) is 11.4 Å². The number of sulfonamides is 1. The smallest absolute Gasteiger partial charge is 0.240 e. The van der Waals surface area contributed by atoms with E-state index in [0.29, 0.717) is 6.42 Å². The van der Waals surface area contributed by atoms with E-state index in [9.17, 15) is 13.5 Å². The van der Waals surface area contributed by atoms with E-state index in [0.717, 1.165) is 19.3 Å². The van der Waals surface area contributed by atoms with Crippen LogP contribution in [0.1, 0.15) is 25.7 Å². The lowest BCUT2D eigenvalue weighted by Gasteiger charge is -2.30. The van der Waals surface area contributed by atoms with Crippen molar-refractivity contribution < 1.29 is 13.5 Å². The molecule has 1 aromatic carbocycles. The molecule has 0 aliphatic heterocycles. The lowest BCUT2D eigenvalue weighted by atomic mass is 9.81.